The van der Waals surface area contributed by atoms with Crippen LogP contribution < -0.4 is 4.90 Å². The summed E-state index contributed by atoms with van der Waals surface area (Å²) in [5.41, 5.74) is 6.00. The molecule has 25 heavy (non-hydrogen) atoms. The van der Waals surface area contributed by atoms with Crippen molar-refractivity contribution in [2.75, 3.05) is 20.7 Å². The normalized spacial score (nSPS) is 12.1. The van der Waals surface area contributed by atoms with Gasteiger partial charge < -0.3 is 14.6 Å². The third-order valence-corrected chi connectivity index (χ3v) is 4.56. The average Bonchev–Trinajstić information content (AvgIpc) is 2.84. The number of carbonyl (C=O) groups is 2. The lowest BCUT2D eigenvalue weighted by atomic mass is 10.0. The zero-order valence-electron chi connectivity index (χ0n) is 15.9. The zero-order valence-corrected chi connectivity index (χ0v) is 15.9. The molecule has 2 N–H and O–H groups in total. The fraction of sp³-hybridized carbons (Fsp3) is 0.400. The summed E-state index contributed by atoms with van der Waals surface area (Å²) in [6, 6.07) is 6.38. The summed E-state index contributed by atoms with van der Waals surface area (Å²) in [7, 11) is 3.35. The number of carbonyl (C=O) groups excluding carboxylic acids is 2. The number of Topliss-reactive ketones (excluding diaryl/α,β-unsaturated/α-hetero) is 1. The summed E-state index contributed by atoms with van der Waals surface area (Å²) >= 11 is 0. The predicted molar refractivity (Wildman–Crippen MR) is 97.3 cm³/mol. The molecular formula is C20H27N2O3+. The number of esters is 1. The number of likely N-dealkylation sites (N-methyl/N-ethyl adjacent to an activating group) is 1. The van der Waals surface area contributed by atoms with E-state index in [4.69, 9.17) is 4.74 Å². The summed E-state index contributed by atoms with van der Waals surface area (Å²) in [5.74, 6) is -0.417. The van der Waals surface area contributed by atoms with Crippen LogP contribution in [0.25, 0.3) is 0 Å². The number of aryl methyl sites for hydroxylation is 3. The fourth-order valence-corrected chi connectivity index (χ4v) is 3.23. The minimum atomic E-state index is -0.415. The third-order valence-electron chi connectivity index (χ3n) is 4.56. The highest BCUT2D eigenvalue weighted by Gasteiger charge is 2.24. The van der Waals surface area contributed by atoms with Crippen molar-refractivity contribution in [1.82, 2.24) is 4.98 Å². The van der Waals surface area contributed by atoms with Gasteiger partial charge in [0.1, 0.15) is 13.1 Å². The van der Waals surface area contributed by atoms with E-state index in [2.05, 4.69) is 37.0 Å². The Morgan fingerprint density at radius 3 is 2.44 bits per heavy atom. The number of ketones is 1. The highest BCUT2D eigenvalue weighted by atomic mass is 16.5. The van der Waals surface area contributed by atoms with Crippen LogP contribution in [0, 0.1) is 27.7 Å². The molecule has 5 nitrogen and oxygen atoms in total. The molecule has 1 aromatic carbocycles. The highest BCUT2D eigenvalue weighted by molar-refractivity contribution is 6.01. The van der Waals surface area contributed by atoms with Crippen molar-refractivity contribution >= 4 is 11.8 Å². The third kappa shape index (κ3) is 4.17. The first-order chi connectivity index (χ1) is 11.7. The highest BCUT2D eigenvalue weighted by Crippen LogP contribution is 2.19. The van der Waals surface area contributed by atoms with Crippen LogP contribution in [0.4, 0.5) is 0 Å². The van der Waals surface area contributed by atoms with Gasteiger partial charge in [0, 0.05) is 11.3 Å². The summed E-state index contributed by atoms with van der Waals surface area (Å²) in [6.07, 6.45) is 0. The second-order valence-corrected chi connectivity index (χ2v) is 6.78. The first kappa shape index (κ1) is 18.9. The lowest BCUT2D eigenvalue weighted by molar-refractivity contribution is -0.884. The number of benzene rings is 1. The van der Waals surface area contributed by atoms with Gasteiger partial charge in [-0.25, -0.2) is 4.79 Å². The molecule has 0 aliphatic heterocycles. The molecule has 0 spiro atoms. The number of aromatic amines is 1. The molecular weight excluding hydrogens is 316 g/mol. The number of ether oxygens (including phenoxy) is 1. The maximum absolute atomic E-state index is 12.7. The van der Waals surface area contributed by atoms with Crippen LogP contribution in [0.15, 0.2) is 18.2 Å². The molecule has 1 heterocycles. The summed E-state index contributed by atoms with van der Waals surface area (Å²) in [6.45, 7) is 8.87. The first-order valence-corrected chi connectivity index (χ1v) is 8.42. The molecule has 0 saturated heterocycles. The van der Waals surface area contributed by atoms with Gasteiger partial charge in [-0.1, -0.05) is 23.8 Å². The second-order valence-electron chi connectivity index (χ2n) is 6.78. The molecule has 0 fully saturated rings. The number of hydrogen-bond donors (Lipinski definition) is 2. The summed E-state index contributed by atoms with van der Waals surface area (Å²) < 4.78 is 4.80. The Morgan fingerprint density at radius 2 is 1.84 bits per heavy atom. The van der Waals surface area contributed by atoms with Crippen LogP contribution in [0.1, 0.15) is 48.8 Å². The molecule has 2 aromatic rings. The van der Waals surface area contributed by atoms with Crippen LogP contribution in [0.5, 0.6) is 0 Å². The van der Waals surface area contributed by atoms with E-state index in [-0.39, 0.29) is 5.78 Å². The molecule has 0 bridgehead atoms. The minimum absolute atomic E-state index is 0.00184. The van der Waals surface area contributed by atoms with Gasteiger partial charge in [-0.05, 0) is 38.8 Å². The van der Waals surface area contributed by atoms with Crippen LogP contribution in [-0.4, -0.2) is 37.4 Å². The van der Waals surface area contributed by atoms with Crippen molar-refractivity contribution < 1.29 is 19.2 Å². The first-order valence-electron chi connectivity index (χ1n) is 8.42. The lowest BCUT2D eigenvalue weighted by Crippen LogP contribution is -3.08. The average molecular weight is 343 g/mol. The molecule has 5 heteroatoms. The molecule has 0 amide bonds. The molecule has 0 radical (unpaired) electrons. The second kappa shape index (κ2) is 7.66. The lowest BCUT2D eigenvalue weighted by Gasteiger charge is -2.15. The maximum Gasteiger partial charge on any atom is 0.339 e. The van der Waals surface area contributed by atoms with E-state index in [1.165, 1.54) is 23.8 Å². The number of rotatable bonds is 6. The van der Waals surface area contributed by atoms with Gasteiger partial charge in [0.05, 0.1) is 25.4 Å². The fourth-order valence-electron chi connectivity index (χ4n) is 3.23. The largest absolute Gasteiger partial charge is 0.465 e. The van der Waals surface area contributed by atoms with Gasteiger partial charge >= 0.3 is 5.97 Å². The van der Waals surface area contributed by atoms with Gasteiger partial charge in [-0.3, -0.25) is 4.79 Å². The standard InChI is InChI=1S/C20H26N2O3/c1-12-7-8-16(13(2)9-12)10-22(5)11-17(23)19-14(3)18(15(4)21-19)20(24)25-6/h7-9,21H,10-11H2,1-6H3/p+1. The van der Waals surface area contributed by atoms with Crippen molar-refractivity contribution in [3.05, 3.63) is 57.4 Å². The Morgan fingerprint density at radius 1 is 1.16 bits per heavy atom. The molecule has 0 saturated carbocycles. The van der Waals surface area contributed by atoms with Crippen LogP contribution in [0.2, 0.25) is 0 Å². The Labute approximate surface area is 149 Å². The molecule has 1 atom stereocenters. The van der Waals surface area contributed by atoms with Gasteiger partial charge in [-0.15, -0.1) is 0 Å². The van der Waals surface area contributed by atoms with E-state index in [1.54, 1.807) is 13.8 Å². The molecule has 134 valence electrons. The van der Waals surface area contributed by atoms with Gasteiger partial charge in [-0.2, -0.15) is 0 Å². The van der Waals surface area contributed by atoms with E-state index >= 15 is 0 Å². The molecule has 2 rings (SSSR count). The number of methoxy groups -OCH3 is 1. The van der Waals surface area contributed by atoms with Gasteiger partial charge in [0.2, 0.25) is 5.78 Å². The topological polar surface area (TPSA) is 63.6 Å². The monoisotopic (exact) mass is 343 g/mol. The van der Waals surface area contributed by atoms with Gasteiger partial charge in [0.25, 0.3) is 0 Å². The molecule has 1 aromatic heterocycles. The van der Waals surface area contributed by atoms with Crippen molar-refractivity contribution in [3.63, 3.8) is 0 Å². The maximum atomic E-state index is 12.7. The molecule has 0 aliphatic rings. The predicted octanol–water partition coefficient (Wildman–Crippen LogP) is 1.93. The Bertz CT molecular complexity index is 806. The summed E-state index contributed by atoms with van der Waals surface area (Å²) in [5, 5.41) is 0. The van der Waals surface area contributed by atoms with Crippen molar-refractivity contribution in [3.8, 4) is 0 Å². The van der Waals surface area contributed by atoms with E-state index in [1.807, 2.05) is 7.05 Å². The number of hydrogen-bond acceptors (Lipinski definition) is 3. The van der Waals surface area contributed by atoms with Gasteiger partial charge in [0.15, 0.2) is 0 Å². The SMILES string of the molecule is COC(=O)c1c(C)[nH]c(C(=O)C[NH+](C)Cc2ccc(C)cc2C)c1C. The van der Waals surface area contributed by atoms with Crippen LogP contribution in [-0.2, 0) is 11.3 Å². The van der Waals surface area contributed by atoms with E-state index < -0.39 is 5.97 Å². The minimum Gasteiger partial charge on any atom is -0.465 e. The molecule has 0 aliphatic carbocycles. The number of aromatic nitrogens is 1. The van der Waals surface area contributed by atoms with E-state index in [0.29, 0.717) is 29.1 Å². The number of nitrogens with one attached hydrogen (secondary N) is 2. The smallest absolute Gasteiger partial charge is 0.339 e. The summed E-state index contributed by atoms with van der Waals surface area (Å²) in [4.78, 5) is 28.7. The quantitative estimate of drug-likeness (QED) is 0.622. The number of quaternary nitrogens is 1. The van der Waals surface area contributed by atoms with E-state index in [0.717, 1.165) is 11.4 Å². The number of H-pyrrole nitrogens is 1. The Kier molecular flexibility index (Phi) is 5.80. The Hall–Kier alpha value is -2.40. The van der Waals surface area contributed by atoms with E-state index in [9.17, 15) is 9.59 Å². The van der Waals surface area contributed by atoms with Crippen molar-refractivity contribution in [2.24, 2.45) is 0 Å². The molecule has 1 unspecified atom stereocenters. The van der Waals surface area contributed by atoms with Crippen molar-refractivity contribution in [1.29, 1.82) is 0 Å². The van der Waals surface area contributed by atoms with Crippen LogP contribution in [0.3, 0.4) is 0 Å². The zero-order chi connectivity index (χ0) is 18.7. The van der Waals surface area contributed by atoms with Crippen molar-refractivity contribution in [2.45, 2.75) is 34.2 Å². The van der Waals surface area contributed by atoms with Crippen LogP contribution >= 0.6 is 0 Å². The Balaban J connectivity index is 2.13.